The van der Waals surface area contributed by atoms with Gasteiger partial charge in [0.05, 0.1) is 10.6 Å². The van der Waals surface area contributed by atoms with Crippen LogP contribution < -0.4 is 4.90 Å². The first-order valence-electron chi connectivity index (χ1n) is 7.73. The van der Waals surface area contributed by atoms with E-state index >= 15 is 0 Å². The maximum absolute atomic E-state index is 13.0. The van der Waals surface area contributed by atoms with Crippen molar-refractivity contribution >= 4 is 40.3 Å². The van der Waals surface area contributed by atoms with E-state index in [9.17, 15) is 9.18 Å². The fourth-order valence-corrected chi connectivity index (χ4v) is 3.28. The Bertz CT molecular complexity index is 842. The lowest BCUT2D eigenvalue weighted by molar-refractivity contribution is -0.121. The van der Waals surface area contributed by atoms with E-state index in [0.717, 1.165) is 11.3 Å². The van der Waals surface area contributed by atoms with Crippen LogP contribution in [-0.4, -0.2) is 37.1 Å². The molecule has 25 heavy (non-hydrogen) atoms. The summed E-state index contributed by atoms with van der Waals surface area (Å²) in [6.07, 6.45) is 1.86. The van der Waals surface area contributed by atoms with Gasteiger partial charge in [0.15, 0.2) is 5.17 Å². The lowest BCUT2D eigenvalue weighted by Gasteiger charge is -2.11. The number of nitrogens with zero attached hydrogens (tertiary/aromatic N) is 3. The van der Waals surface area contributed by atoms with Crippen LogP contribution >= 0.6 is 11.8 Å². The van der Waals surface area contributed by atoms with Gasteiger partial charge in [-0.05, 0) is 59.8 Å². The van der Waals surface area contributed by atoms with Crippen LogP contribution in [0.1, 0.15) is 5.56 Å². The van der Waals surface area contributed by atoms with Gasteiger partial charge in [0, 0.05) is 26.8 Å². The number of amidine groups is 1. The van der Waals surface area contributed by atoms with Gasteiger partial charge in [0.1, 0.15) is 5.82 Å². The molecule has 4 nitrogen and oxygen atoms in total. The zero-order valence-electron chi connectivity index (χ0n) is 14.2. The second kappa shape index (κ2) is 7.11. The van der Waals surface area contributed by atoms with E-state index in [-0.39, 0.29) is 11.7 Å². The van der Waals surface area contributed by atoms with Crippen molar-refractivity contribution in [1.82, 2.24) is 4.90 Å². The summed E-state index contributed by atoms with van der Waals surface area (Å²) in [5.41, 5.74) is 2.67. The molecule has 1 saturated heterocycles. The molecule has 0 atom stereocenters. The van der Waals surface area contributed by atoms with Crippen molar-refractivity contribution in [3.63, 3.8) is 0 Å². The number of anilines is 1. The van der Waals surface area contributed by atoms with E-state index in [1.165, 1.54) is 28.8 Å². The largest absolute Gasteiger partial charge is 0.378 e. The Kier molecular flexibility index (Phi) is 4.90. The van der Waals surface area contributed by atoms with Gasteiger partial charge in [-0.3, -0.25) is 9.69 Å². The monoisotopic (exact) mass is 355 g/mol. The first-order chi connectivity index (χ1) is 11.9. The van der Waals surface area contributed by atoms with Crippen LogP contribution in [0.5, 0.6) is 0 Å². The van der Waals surface area contributed by atoms with Crippen LogP contribution in [-0.2, 0) is 4.79 Å². The van der Waals surface area contributed by atoms with Crippen LogP contribution in [0.4, 0.5) is 15.8 Å². The van der Waals surface area contributed by atoms with E-state index in [1.807, 2.05) is 49.3 Å². The highest BCUT2D eigenvalue weighted by molar-refractivity contribution is 8.18. The molecule has 0 spiro atoms. The maximum atomic E-state index is 13.0. The van der Waals surface area contributed by atoms with E-state index < -0.39 is 0 Å². The fourth-order valence-electron chi connectivity index (χ4n) is 2.30. The van der Waals surface area contributed by atoms with Crippen LogP contribution in [0, 0.1) is 5.82 Å². The standard InChI is InChI=1S/C19H18FN3OS/c1-22(2)16-10-4-13(5-11-16)12-17-18(24)23(3)19(25-17)21-15-8-6-14(20)7-9-15/h4-12H,1-3H3/b17-12+,21-19?. The first-order valence-corrected chi connectivity index (χ1v) is 8.55. The molecular formula is C19H18FN3OS. The predicted octanol–water partition coefficient (Wildman–Crippen LogP) is 4.13. The van der Waals surface area contributed by atoms with Gasteiger partial charge >= 0.3 is 0 Å². The molecule has 1 aliphatic heterocycles. The number of hydrogen-bond acceptors (Lipinski definition) is 4. The van der Waals surface area contributed by atoms with Crippen molar-refractivity contribution in [2.45, 2.75) is 0 Å². The van der Waals surface area contributed by atoms with Gasteiger partial charge < -0.3 is 4.90 Å². The Hall–Kier alpha value is -2.60. The molecule has 2 aromatic rings. The molecule has 3 rings (SSSR count). The Morgan fingerprint density at radius 1 is 1.08 bits per heavy atom. The normalized spacial score (nSPS) is 17.6. The van der Waals surface area contributed by atoms with Crippen LogP contribution in [0.15, 0.2) is 58.4 Å². The Labute approximate surface area is 150 Å². The predicted molar refractivity (Wildman–Crippen MR) is 103 cm³/mol. The van der Waals surface area contributed by atoms with Crippen molar-refractivity contribution in [3.05, 3.63) is 64.8 Å². The molecule has 0 aliphatic carbocycles. The molecule has 0 unspecified atom stereocenters. The summed E-state index contributed by atoms with van der Waals surface area (Å²) in [5.74, 6) is -0.406. The quantitative estimate of drug-likeness (QED) is 0.777. The first kappa shape index (κ1) is 17.2. The number of likely N-dealkylation sites (N-methyl/N-ethyl adjacent to an activating group) is 1. The van der Waals surface area contributed by atoms with E-state index in [1.54, 1.807) is 19.2 Å². The summed E-state index contributed by atoms with van der Waals surface area (Å²) >= 11 is 1.31. The lowest BCUT2D eigenvalue weighted by Crippen LogP contribution is -2.23. The molecule has 0 bridgehead atoms. The van der Waals surface area contributed by atoms with Gasteiger partial charge in [0.2, 0.25) is 0 Å². The Morgan fingerprint density at radius 3 is 2.32 bits per heavy atom. The van der Waals surface area contributed by atoms with Crippen molar-refractivity contribution in [2.75, 3.05) is 26.0 Å². The van der Waals surface area contributed by atoms with Crippen LogP contribution in [0.3, 0.4) is 0 Å². The summed E-state index contributed by atoms with van der Waals surface area (Å²) in [6.45, 7) is 0. The Balaban J connectivity index is 1.84. The second-order valence-electron chi connectivity index (χ2n) is 5.83. The SMILES string of the molecule is CN1C(=O)/C(=C\c2ccc(N(C)C)cc2)SC1=Nc1ccc(F)cc1. The average Bonchev–Trinajstić information content (AvgIpc) is 2.85. The number of aliphatic imine (C=N–C) groups is 1. The minimum Gasteiger partial charge on any atom is -0.378 e. The zero-order valence-corrected chi connectivity index (χ0v) is 15.0. The fraction of sp³-hybridized carbons (Fsp3) is 0.158. The minimum atomic E-state index is -0.311. The maximum Gasteiger partial charge on any atom is 0.266 e. The lowest BCUT2D eigenvalue weighted by atomic mass is 10.2. The molecule has 1 fully saturated rings. The summed E-state index contributed by atoms with van der Waals surface area (Å²) in [6, 6.07) is 13.8. The summed E-state index contributed by atoms with van der Waals surface area (Å²) in [4.78, 5) is 21.0. The molecule has 1 aliphatic rings. The van der Waals surface area contributed by atoms with E-state index in [0.29, 0.717) is 15.8 Å². The number of hydrogen-bond donors (Lipinski definition) is 0. The number of rotatable bonds is 3. The molecule has 1 amide bonds. The summed E-state index contributed by atoms with van der Waals surface area (Å²) < 4.78 is 13.0. The third-order valence-corrected chi connectivity index (χ3v) is 4.82. The van der Waals surface area contributed by atoms with Crippen LogP contribution in [0.2, 0.25) is 0 Å². The molecule has 0 radical (unpaired) electrons. The average molecular weight is 355 g/mol. The molecule has 0 saturated carbocycles. The zero-order chi connectivity index (χ0) is 18.0. The number of thioether (sulfide) groups is 1. The molecule has 2 aromatic carbocycles. The summed E-state index contributed by atoms with van der Waals surface area (Å²) in [7, 11) is 5.65. The van der Waals surface area contributed by atoms with Crippen LogP contribution in [0.25, 0.3) is 6.08 Å². The number of carbonyl (C=O) groups is 1. The molecular weight excluding hydrogens is 337 g/mol. The Morgan fingerprint density at radius 2 is 1.72 bits per heavy atom. The second-order valence-corrected chi connectivity index (χ2v) is 6.84. The van der Waals surface area contributed by atoms with E-state index in [4.69, 9.17) is 0 Å². The minimum absolute atomic E-state index is 0.0949. The van der Waals surface area contributed by atoms with Crippen molar-refractivity contribution in [1.29, 1.82) is 0 Å². The number of carbonyl (C=O) groups excluding carboxylic acids is 1. The molecule has 1 heterocycles. The molecule has 0 aromatic heterocycles. The topological polar surface area (TPSA) is 35.9 Å². The third-order valence-electron chi connectivity index (χ3n) is 3.76. The van der Waals surface area contributed by atoms with Crippen molar-refractivity contribution in [2.24, 2.45) is 4.99 Å². The molecule has 6 heteroatoms. The molecule has 128 valence electrons. The van der Waals surface area contributed by atoms with E-state index in [2.05, 4.69) is 4.99 Å². The highest BCUT2D eigenvalue weighted by Gasteiger charge is 2.30. The number of amides is 1. The van der Waals surface area contributed by atoms with Gasteiger partial charge in [-0.2, -0.15) is 0 Å². The van der Waals surface area contributed by atoms with Gasteiger partial charge in [0.25, 0.3) is 5.91 Å². The van der Waals surface area contributed by atoms with Crippen molar-refractivity contribution in [3.8, 4) is 0 Å². The van der Waals surface area contributed by atoms with Gasteiger partial charge in [-0.25, -0.2) is 9.38 Å². The number of benzene rings is 2. The third kappa shape index (κ3) is 3.91. The highest BCUT2D eigenvalue weighted by Crippen LogP contribution is 2.33. The smallest absolute Gasteiger partial charge is 0.266 e. The summed E-state index contributed by atoms with van der Waals surface area (Å²) in [5, 5.41) is 0.577. The highest BCUT2D eigenvalue weighted by atomic mass is 32.2. The number of halogens is 1. The van der Waals surface area contributed by atoms with Crippen molar-refractivity contribution < 1.29 is 9.18 Å². The molecule has 0 N–H and O–H groups in total. The van der Waals surface area contributed by atoms with Gasteiger partial charge in [-0.1, -0.05) is 12.1 Å². The van der Waals surface area contributed by atoms with Gasteiger partial charge in [-0.15, -0.1) is 0 Å².